The van der Waals surface area contributed by atoms with E-state index in [1.807, 2.05) is 36.4 Å². The number of hydrogen-bond acceptors (Lipinski definition) is 6. The molecule has 0 saturated heterocycles. The third-order valence-corrected chi connectivity index (χ3v) is 4.70. The highest BCUT2D eigenvalue weighted by atomic mass is 16.7. The molecule has 0 saturated carbocycles. The molecule has 6 heteroatoms. The number of aromatic hydroxyl groups is 1. The van der Waals surface area contributed by atoms with Crippen LogP contribution in [0.5, 0.6) is 23.0 Å². The molecular weight excluding hydrogens is 368 g/mol. The summed E-state index contributed by atoms with van der Waals surface area (Å²) >= 11 is 0. The Labute approximate surface area is 170 Å². The lowest BCUT2D eigenvalue weighted by atomic mass is 10.0. The first kappa shape index (κ1) is 18.9. The SMILES string of the molecule is COc1cc(-c2cc(-c3cccc4c3OCO4)cc(NCC(C)C)n2)ccc1O. The van der Waals surface area contributed by atoms with Gasteiger partial charge in [0, 0.05) is 17.7 Å². The Morgan fingerprint density at radius 3 is 2.76 bits per heavy atom. The van der Waals surface area contributed by atoms with Crippen LogP contribution in [0, 0.1) is 5.92 Å². The first-order valence-electron chi connectivity index (χ1n) is 9.57. The van der Waals surface area contributed by atoms with Gasteiger partial charge in [-0.25, -0.2) is 4.98 Å². The molecule has 0 fully saturated rings. The van der Waals surface area contributed by atoms with Crippen LogP contribution in [0.3, 0.4) is 0 Å². The van der Waals surface area contributed by atoms with Crippen LogP contribution in [0.25, 0.3) is 22.4 Å². The van der Waals surface area contributed by atoms with Gasteiger partial charge in [0.1, 0.15) is 5.82 Å². The van der Waals surface area contributed by atoms with Gasteiger partial charge in [0.05, 0.1) is 12.8 Å². The number of phenolic OH excluding ortho intramolecular Hbond substituents is 1. The van der Waals surface area contributed by atoms with Gasteiger partial charge in [0.15, 0.2) is 23.0 Å². The molecule has 6 nitrogen and oxygen atoms in total. The van der Waals surface area contributed by atoms with Gasteiger partial charge in [-0.05, 0) is 47.9 Å². The second-order valence-electron chi connectivity index (χ2n) is 7.33. The summed E-state index contributed by atoms with van der Waals surface area (Å²) in [4.78, 5) is 4.78. The molecule has 0 unspecified atom stereocenters. The topological polar surface area (TPSA) is 72.8 Å². The molecule has 4 rings (SSSR count). The van der Waals surface area contributed by atoms with Crippen LogP contribution in [0.4, 0.5) is 5.82 Å². The molecule has 0 bridgehead atoms. The van der Waals surface area contributed by atoms with Crippen molar-refractivity contribution in [2.45, 2.75) is 13.8 Å². The summed E-state index contributed by atoms with van der Waals surface area (Å²) in [5, 5.41) is 13.3. The van der Waals surface area contributed by atoms with Crippen molar-refractivity contribution in [1.82, 2.24) is 4.98 Å². The van der Waals surface area contributed by atoms with Crippen LogP contribution in [0.1, 0.15) is 13.8 Å². The van der Waals surface area contributed by atoms with E-state index in [1.165, 1.54) is 7.11 Å². The Kier molecular flexibility index (Phi) is 5.16. The number of phenols is 1. The number of anilines is 1. The number of nitrogens with zero attached hydrogens (tertiary/aromatic N) is 1. The van der Waals surface area contributed by atoms with Crippen molar-refractivity contribution < 1.29 is 19.3 Å². The molecule has 0 amide bonds. The molecule has 2 heterocycles. The van der Waals surface area contributed by atoms with Crippen molar-refractivity contribution in [2.24, 2.45) is 5.92 Å². The summed E-state index contributed by atoms with van der Waals surface area (Å²) in [5.74, 6) is 3.23. The van der Waals surface area contributed by atoms with Gasteiger partial charge in [-0.3, -0.25) is 0 Å². The summed E-state index contributed by atoms with van der Waals surface area (Å²) in [7, 11) is 1.53. The zero-order chi connectivity index (χ0) is 20.4. The number of rotatable bonds is 6. The van der Waals surface area contributed by atoms with Crippen LogP contribution in [-0.4, -0.2) is 30.5 Å². The molecule has 2 N–H and O–H groups in total. The maximum atomic E-state index is 9.93. The molecule has 29 heavy (non-hydrogen) atoms. The van der Waals surface area contributed by atoms with E-state index in [4.69, 9.17) is 19.2 Å². The van der Waals surface area contributed by atoms with Crippen molar-refractivity contribution in [3.8, 4) is 45.4 Å². The second kappa shape index (κ2) is 7.91. The fourth-order valence-electron chi connectivity index (χ4n) is 3.23. The highest BCUT2D eigenvalue weighted by Gasteiger charge is 2.20. The minimum atomic E-state index is 0.0944. The van der Waals surface area contributed by atoms with E-state index < -0.39 is 0 Å². The van der Waals surface area contributed by atoms with E-state index in [0.29, 0.717) is 11.7 Å². The average molecular weight is 392 g/mol. The first-order valence-corrected chi connectivity index (χ1v) is 9.57. The van der Waals surface area contributed by atoms with Crippen LogP contribution >= 0.6 is 0 Å². The van der Waals surface area contributed by atoms with Gasteiger partial charge in [0.2, 0.25) is 6.79 Å². The highest BCUT2D eigenvalue weighted by Crippen LogP contribution is 2.42. The smallest absolute Gasteiger partial charge is 0.231 e. The van der Waals surface area contributed by atoms with Gasteiger partial charge in [-0.15, -0.1) is 0 Å². The summed E-state index contributed by atoms with van der Waals surface area (Å²) in [5.41, 5.74) is 3.53. The number of aromatic nitrogens is 1. The molecule has 1 aliphatic heterocycles. The lowest BCUT2D eigenvalue weighted by molar-refractivity contribution is 0.174. The van der Waals surface area contributed by atoms with Crippen LogP contribution in [0.2, 0.25) is 0 Å². The quantitative estimate of drug-likeness (QED) is 0.620. The zero-order valence-electron chi connectivity index (χ0n) is 16.7. The molecule has 2 aromatic carbocycles. The Balaban J connectivity index is 1.83. The van der Waals surface area contributed by atoms with Crippen molar-refractivity contribution in [1.29, 1.82) is 0 Å². The lowest BCUT2D eigenvalue weighted by Crippen LogP contribution is -2.09. The second-order valence-corrected chi connectivity index (χ2v) is 7.33. The fraction of sp³-hybridized carbons (Fsp3) is 0.261. The highest BCUT2D eigenvalue weighted by molar-refractivity contribution is 5.80. The van der Waals surface area contributed by atoms with E-state index in [-0.39, 0.29) is 12.5 Å². The predicted molar refractivity (Wildman–Crippen MR) is 113 cm³/mol. The molecule has 0 spiro atoms. The van der Waals surface area contributed by atoms with Gasteiger partial charge >= 0.3 is 0 Å². The minimum Gasteiger partial charge on any atom is -0.504 e. The van der Waals surface area contributed by atoms with Crippen molar-refractivity contribution >= 4 is 5.82 Å². The molecule has 0 radical (unpaired) electrons. The molecule has 150 valence electrons. The standard InChI is InChI=1S/C23H24N2O4/c1-14(2)12-24-22-11-16(17-5-4-6-20-23(17)29-13-28-20)9-18(25-22)15-7-8-19(26)21(10-15)27-3/h4-11,14,26H,12-13H2,1-3H3,(H,24,25). The normalized spacial score (nSPS) is 12.3. The number of fused-ring (bicyclic) bond motifs is 1. The fourth-order valence-corrected chi connectivity index (χ4v) is 3.23. The number of benzene rings is 2. The van der Waals surface area contributed by atoms with Crippen molar-refractivity contribution in [2.75, 3.05) is 25.8 Å². The summed E-state index contributed by atoms with van der Waals surface area (Å²) in [6.07, 6.45) is 0. The summed E-state index contributed by atoms with van der Waals surface area (Å²) in [6.45, 7) is 5.33. The predicted octanol–water partition coefficient (Wildman–Crippen LogP) is 4.93. The molecule has 1 aromatic heterocycles. The number of para-hydroxylation sites is 1. The minimum absolute atomic E-state index is 0.0944. The number of hydrogen-bond donors (Lipinski definition) is 2. The van der Waals surface area contributed by atoms with E-state index in [2.05, 4.69) is 19.2 Å². The number of nitrogens with one attached hydrogen (secondary N) is 1. The Morgan fingerprint density at radius 1 is 1.10 bits per heavy atom. The number of pyridine rings is 1. The van der Waals surface area contributed by atoms with Gasteiger partial charge in [-0.1, -0.05) is 26.0 Å². The van der Waals surface area contributed by atoms with Crippen LogP contribution in [0.15, 0.2) is 48.5 Å². The third-order valence-electron chi connectivity index (χ3n) is 4.70. The molecule has 1 aliphatic rings. The molecule has 0 atom stereocenters. The average Bonchev–Trinajstić information content (AvgIpc) is 3.21. The number of ether oxygens (including phenoxy) is 3. The maximum absolute atomic E-state index is 9.93. The monoisotopic (exact) mass is 392 g/mol. The van der Waals surface area contributed by atoms with E-state index in [1.54, 1.807) is 12.1 Å². The van der Waals surface area contributed by atoms with Crippen LogP contribution < -0.4 is 19.5 Å². The van der Waals surface area contributed by atoms with Crippen molar-refractivity contribution in [3.63, 3.8) is 0 Å². The largest absolute Gasteiger partial charge is 0.504 e. The van der Waals surface area contributed by atoms with Gasteiger partial charge < -0.3 is 24.6 Å². The first-order chi connectivity index (χ1) is 14.0. The molecule has 0 aliphatic carbocycles. The summed E-state index contributed by atoms with van der Waals surface area (Å²) < 4.78 is 16.5. The Morgan fingerprint density at radius 2 is 1.97 bits per heavy atom. The van der Waals surface area contributed by atoms with Gasteiger partial charge in [-0.2, -0.15) is 0 Å². The van der Waals surface area contributed by atoms with E-state index >= 15 is 0 Å². The summed E-state index contributed by atoms with van der Waals surface area (Å²) in [6, 6.07) is 15.1. The van der Waals surface area contributed by atoms with Crippen LogP contribution in [-0.2, 0) is 0 Å². The number of methoxy groups -OCH3 is 1. The van der Waals surface area contributed by atoms with Gasteiger partial charge in [0.25, 0.3) is 0 Å². The zero-order valence-corrected chi connectivity index (χ0v) is 16.7. The van der Waals surface area contributed by atoms with E-state index in [0.717, 1.165) is 46.2 Å². The molecule has 3 aromatic rings. The Hall–Kier alpha value is -3.41. The molecular formula is C23H24N2O4. The van der Waals surface area contributed by atoms with E-state index in [9.17, 15) is 5.11 Å². The third kappa shape index (κ3) is 3.92. The maximum Gasteiger partial charge on any atom is 0.231 e. The van der Waals surface area contributed by atoms with Crippen molar-refractivity contribution in [3.05, 3.63) is 48.5 Å². The lowest BCUT2D eigenvalue weighted by Gasteiger charge is -2.14. The Bertz CT molecular complexity index is 1030.